The second-order valence-electron chi connectivity index (χ2n) is 3.91. The highest BCUT2D eigenvalue weighted by atomic mass is 79.9. The molecule has 1 aromatic heterocycles. The molecule has 1 heterocycles. The highest BCUT2D eigenvalue weighted by Gasteiger charge is 2.12. The molecular weight excluding hydrogens is 339 g/mol. The van der Waals surface area contributed by atoms with Gasteiger partial charge < -0.3 is 4.57 Å². The van der Waals surface area contributed by atoms with Gasteiger partial charge in [0.2, 0.25) is 0 Å². The van der Waals surface area contributed by atoms with Crippen LogP contribution in [0.15, 0.2) is 16.6 Å². The van der Waals surface area contributed by atoms with Crippen LogP contribution < -0.4 is 0 Å². The molecule has 18 heavy (non-hydrogen) atoms. The first-order chi connectivity index (χ1) is 8.67. The van der Waals surface area contributed by atoms with Crippen LogP contribution in [-0.4, -0.2) is 21.6 Å². The summed E-state index contributed by atoms with van der Waals surface area (Å²) in [5.74, 6) is 1.93. The van der Waals surface area contributed by atoms with Crippen LogP contribution in [0.4, 0.5) is 4.39 Å². The number of thioether (sulfide) groups is 1. The predicted octanol–water partition coefficient (Wildman–Crippen LogP) is 4.43. The number of aromatic nitrogens is 2. The number of aryl methyl sites for hydroxylation is 1. The van der Waals surface area contributed by atoms with Gasteiger partial charge in [0.05, 0.1) is 21.4 Å². The lowest BCUT2D eigenvalue weighted by molar-refractivity contribution is 0.622. The first-order valence-electron chi connectivity index (χ1n) is 5.56. The molecule has 0 saturated carbocycles. The molecule has 0 unspecified atom stereocenters. The summed E-state index contributed by atoms with van der Waals surface area (Å²) < 4.78 is 16.0. The van der Waals surface area contributed by atoms with Crippen LogP contribution in [0.3, 0.4) is 0 Å². The minimum Gasteiger partial charge on any atom is -0.327 e. The number of halogens is 3. The molecule has 0 aliphatic heterocycles. The van der Waals surface area contributed by atoms with Crippen molar-refractivity contribution in [2.45, 2.75) is 18.8 Å². The SMILES string of the molecule is CSCCCn1c(CCl)nc2cc(F)c(Br)cc21. The van der Waals surface area contributed by atoms with E-state index in [9.17, 15) is 4.39 Å². The quantitative estimate of drug-likeness (QED) is 0.586. The molecule has 0 spiro atoms. The number of hydrogen-bond acceptors (Lipinski definition) is 2. The molecule has 0 saturated heterocycles. The molecule has 0 amide bonds. The van der Waals surface area contributed by atoms with Crippen LogP contribution in [0, 0.1) is 5.82 Å². The summed E-state index contributed by atoms with van der Waals surface area (Å²) in [6, 6.07) is 3.22. The lowest BCUT2D eigenvalue weighted by Gasteiger charge is -2.07. The van der Waals surface area contributed by atoms with Crippen molar-refractivity contribution < 1.29 is 4.39 Å². The van der Waals surface area contributed by atoms with Gasteiger partial charge in [-0.3, -0.25) is 0 Å². The number of nitrogens with zero attached hydrogens (tertiary/aromatic N) is 2. The molecule has 2 aromatic rings. The molecule has 0 bridgehead atoms. The van der Waals surface area contributed by atoms with Crippen molar-refractivity contribution in [3.63, 3.8) is 0 Å². The average Bonchev–Trinajstić information content (AvgIpc) is 2.68. The standard InChI is InChI=1S/C12H13BrClFN2S/c1-18-4-2-3-17-11-5-8(13)9(15)6-10(11)16-12(17)7-14/h5-6H,2-4,7H2,1H3. The lowest BCUT2D eigenvalue weighted by atomic mass is 10.3. The van der Waals surface area contributed by atoms with E-state index in [0.717, 1.165) is 30.1 Å². The summed E-state index contributed by atoms with van der Waals surface area (Å²) in [6.45, 7) is 0.859. The maximum absolute atomic E-state index is 13.5. The van der Waals surface area contributed by atoms with Gasteiger partial charge in [0.1, 0.15) is 11.6 Å². The number of imidazole rings is 1. The summed E-state index contributed by atoms with van der Waals surface area (Å²) in [6.07, 6.45) is 3.13. The molecule has 6 heteroatoms. The van der Waals surface area contributed by atoms with Gasteiger partial charge in [0.25, 0.3) is 0 Å². The van der Waals surface area contributed by atoms with E-state index in [1.54, 1.807) is 6.07 Å². The normalized spacial score (nSPS) is 11.3. The van der Waals surface area contributed by atoms with E-state index in [4.69, 9.17) is 11.6 Å². The summed E-state index contributed by atoms with van der Waals surface area (Å²) in [4.78, 5) is 4.38. The third-order valence-electron chi connectivity index (χ3n) is 2.72. The Bertz CT molecular complexity index is 558. The number of alkyl halides is 1. The molecule has 0 atom stereocenters. The van der Waals surface area contributed by atoms with Crippen LogP contribution in [0.25, 0.3) is 11.0 Å². The second-order valence-corrected chi connectivity index (χ2v) is 6.02. The molecule has 0 aliphatic rings. The number of fused-ring (bicyclic) bond motifs is 1. The van der Waals surface area contributed by atoms with Gasteiger partial charge in [-0.1, -0.05) is 0 Å². The maximum Gasteiger partial charge on any atom is 0.139 e. The van der Waals surface area contributed by atoms with Crippen molar-refractivity contribution in [2.75, 3.05) is 12.0 Å². The summed E-state index contributed by atoms with van der Waals surface area (Å²) >= 11 is 10.9. The highest BCUT2D eigenvalue weighted by molar-refractivity contribution is 9.10. The fourth-order valence-electron chi connectivity index (χ4n) is 1.89. The van der Waals surface area contributed by atoms with E-state index in [0.29, 0.717) is 15.9 Å². The van der Waals surface area contributed by atoms with Crippen molar-refractivity contribution in [1.29, 1.82) is 0 Å². The fraction of sp³-hybridized carbons (Fsp3) is 0.417. The largest absolute Gasteiger partial charge is 0.327 e. The smallest absolute Gasteiger partial charge is 0.139 e. The minimum absolute atomic E-state index is 0.294. The number of rotatable bonds is 5. The van der Waals surface area contributed by atoms with Crippen molar-refractivity contribution >= 4 is 50.3 Å². The van der Waals surface area contributed by atoms with Gasteiger partial charge in [-0.15, -0.1) is 11.6 Å². The first-order valence-corrected chi connectivity index (χ1v) is 8.28. The summed E-state index contributed by atoms with van der Waals surface area (Å²) in [5, 5.41) is 0. The fourth-order valence-corrected chi connectivity index (χ4v) is 2.84. The van der Waals surface area contributed by atoms with Crippen LogP contribution in [-0.2, 0) is 12.4 Å². The third-order valence-corrected chi connectivity index (χ3v) is 4.26. The third kappa shape index (κ3) is 2.83. The Kier molecular flexibility index (Phi) is 4.92. The van der Waals surface area contributed by atoms with Crippen LogP contribution in [0.1, 0.15) is 12.2 Å². The van der Waals surface area contributed by atoms with E-state index in [1.165, 1.54) is 6.07 Å². The van der Waals surface area contributed by atoms with E-state index in [1.807, 2.05) is 11.8 Å². The Morgan fingerprint density at radius 3 is 2.94 bits per heavy atom. The molecule has 0 aliphatic carbocycles. The van der Waals surface area contributed by atoms with Gasteiger partial charge in [-0.2, -0.15) is 11.8 Å². The van der Waals surface area contributed by atoms with E-state index < -0.39 is 0 Å². The van der Waals surface area contributed by atoms with Crippen molar-refractivity contribution in [3.8, 4) is 0 Å². The summed E-state index contributed by atoms with van der Waals surface area (Å²) in [5.41, 5.74) is 1.59. The first kappa shape index (κ1) is 14.2. The Morgan fingerprint density at radius 2 is 2.28 bits per heavy atom. The Morgan fingerprint density at radius 1 is 1.50 bits per heavy atom. The van der Waals surface area contributed by atoms with Crippen molar-refractivity contribution in [2.24, 2.45) is 0 Å². The maximum atomic E-state index is 13.5. The topological polar surface area (TPSA) is 17.8 Å². The molecule has 2 nitrogen and oxygen atoms in total. The van der Waals surface area contributed by atoms with E-state index in [2.05, 4.69) is 31.7 Å². The summed E-state index contributed by atoms with van der Waals surface area (Å²) in [7, 11) is 0. The van der Waals surface area contributed by atoms with Crippen LogP contribution in [0.2, 0.25) is 0 Å². The lowest BCUT2D eigenvalue weighted by Crippen LogP contribution is -2.03. The molecule has 0 radical (unpaired) electrons. The van der Waals surface area contributed by atoms with Gasteiger partial charge in [0.15, 0.2) is 0 Å². The number of benzene rings is 1. The Labute approximate surface area is 123 Å². The predicted molar refractivity (Wildman–Crippen MR) is 79.9 cm³/mol. The van der Waals surface area contributed by atoms with Crippen LogP contribution in [0.5, 0.6) is 0 Å². The Hall–Kier alpha value is -0.260. The van der Waals surface area contributed by atoms with Crippen molar-refractivity contribution in [3.05, 3.63) is 28.2 Å². The van der Waals surface area contributed by atoms with Gasteiger partial charge in [-0.25, -0.2) is 9.37 Å². The average molecular weight is 352 g/mol. The van der Waals surface area contributed by atoms with E-state index in [-0.39, 0.29) is 5.82 Å². The van der Waals surface area contributed by atoms with Gasteiger partial charge in [0, 0.05) is 12.6 Å². The zero-order valence-electron chi connectivity index (χ0n) is 9.92. The monoisotopic (exact) mass is 350 g/mol. The Balaban J connectivity index is 2.44. The van der Waals surface area contributed by atoms with Crippen LogP contribution >= 0.6 is 39.3 Å². The molecule has 0 N–H and O–H groups in total. The highest BCUT2D eigenvalue weighted by Crippen LogP contribution is 2.25. The minimum atomic E-state index is -0.294. The molecule has 2 rings (SSSR count). The van der Waals surface area contributed by atoms with Gasteiger partial charge >= 0.3 is 0 Å². The molecule has 0 fully saturated rings. The second kappa shape index (κ2) is 6.26. The molecular formula is C12H13BrClFN2S. The van der Waals surface area contributed by atoms with Gasteiger partial charge in [-0.05, 0) is 40.4 Å². The zero-order chi connectivity index (χ0) is 13.1. The molecule has 1 aromatic carbocycles. The van der Waals surface area contributed by atoms with E-state index >= 15 is 0 Å². The molecule has 98 valence electrons. The number of hydrogen-bond donors (Lipinski definition) is 0. The zero-order valence-corrected chi connectivity index (χ0v) is 13.1. The van der Waals surface area contributed by atoms with Crippen molar-refractivity contribution in [1.82, 2.24) is 9.55 Å².